The number of nitrogens with zero attached hydrogens (tertiary/aromatic N) is 1. The Morgan fingerprint density at radius 2 is 1.95 bits per heavy atom. The first-order valence-electron chi connectivity index (χ1n) is 7.11. The second-order valence-electron chi connectivity index (χ2n) is 6.51. The molecule has 0 saturated heterocycles. The van der Waals surface area contributed by atoms with Crippen molar-refractivity contribution in [3.05, 3.63) is 23.4 Å². The van der Waals surface area contributed by atoms with Gasteiger partial charge in [0.15, 0.2) is 0 Å². The predicted molar refractivity (Wildman–Crippen MR) is 80.7 cm³/mol. The maximum absolute atomic E-state index is 5.80. The van der Waals surface area contributed by atoms with Crippen LogP contribution in [0.2, 0.25) is 0 Å². The minimum Gasteiger partial charge on any atom is -0.478 e. The van der Waals surface area contributed by atoms with Crippen molar-refractivity contribution in [2.24, 2.45) is 5.92 Å². The summed E-state index contributed by atoms with van der Waals surface area (Å²) in [5.41, 5.74) is 2.35. The molecule has 1 rings (SSSR count). The van der Waals surface area contributed by atoms with E-state index in [0.29, 0.717) is 5.92 Å². The van der Waals surface area contributed by atoms with Gasteiger partial charge in [0.2, 0.25) is 5.88 Å². The zero-order valence-corrected chi connectivity index (χ0v) is 13.2. The van der Waals surface area contributed by atoms with Crippen LogP contribution in [0.3, 0.4) is 0 Å². The van der Waals surface area contributed by atoms with Crippen LogP contribution in [0.4, 0.5) is 0 Å². The number of hydrogen-bond donors (Lipinski definition) is 1. The quantitative estimate of drug-likeness (QED) is 0.853. The summed E-state index contributed by atoms with van der Waals surface area (Å²) in [7, 11) is 1.95. The summed E-state index contributed by atoms with van der Waals surface area (Å²) in [6, 6.07) is 4.19. The lowest BCUT2D eigenvalue weighted by molar-refractivity contribution is 0.277. The molecule has 0 amide bonds. The SMILES string of the molecule is CNCc1cc(OCCC(C)C)nc(C(C)(C)C)c1. The van der Waals surface area contributed by atoms with Gasteiger partial charge < -0.3 is 10.1 Å². The first kappa shape index (κ1) is 16.0. The highest BCUT2D eigenvalue weighted by molar-refractivity contribution is 5.28. The Morgan fingerprint density at radius 3 is 2.47 bits per heavy atom. The normalized spacial score (nSPS) is 11.9. The third-order valence-corrected chi connectivity index (χ3v) is 2.96. The fraction of sp³-hybridized carbons (Fsp3) is 0.688. The van der Waals surface area contributed by atoms with Crippen molar-refractivity contribution in [2.45, 2.75) is 53.0 Å². The third kappa shape index (κ3) is 5.60. The lowest BCUT2D eigenvalue weighted by Gasteiger charge is -2.20. The van der Waals surface area contributed by atoms with E-state index >= 15 is 0 Å². The van der Waals surface area contributed by atoms with Crippen molar-refractivity contribution in [3.63, 3.8) is 0 Å². The highest BCUT2D eigenvalue weighted by atomic mass is 16.5. The summed E-state index contributed by atoms with van der Waals surface area (Å²) in [6.07, 6.45) is 1.06. The molecule has 3 nitrogen and oxygen atoms in total. The Kier molecular flexibility index (Phi) is 5.80. The van der Waals surface area contributed by atoms with E-state index in [0.717, 1.165) is 31.1 Å². The highest BCUT2D eigenvalue weighted by Crippen LogP contribution is 2.24. The average Bonchev–Trinajstić information content (AvgIpc) is 2.27. The van der Waals surface area contributed by atoms with Crippen LogP contribution in [0.15, 0.2) is 12.1 Å². The van der Waals surface area contributed by atoms with Gasteiger partial charge in [0.1, 0.15) is 0 Å². The van der Waals surface area contributed by atoms with Crippen molar-refractivity contribution >= 4 is 0 Å². The standard InChI is InChI=1S/C16H28N2O/c1-12(2)7-8-19-15-10-13(11-17-6)9-14(18-15)16(3,4)5/h9-10,12,17H,7-8,11H2,1-6H3. The van der Waals surface area contributed by atoms with E-state index in [4.69, 9.17) is 4.74 Å². The Hall–Kier alpha value is -1.09. The number of aromatic nitrogens is 1. The van der Waals surface area contributed by atoms with E-state index in [1.807, 2.05) is 13.1 Å². The minimum absolute atomic E-state index is 0.0416. The molecule has 0 aliphatic heterocycles. The fourth-order valence-electron chi connectivity index (χ4n) is 1.72. The van der Waals surface area contributed by atoms with Gasteiger partial charge in [-0.1, -0.05) is 34.6 Å². The number of ether oxygens (including phenoxy) is 1. The summed E-state index contributed by atoms with van der Waals surface area (Å²) < 4.78 is 5.80. The van der Waals surface area contributed by atoms with Crippen LogP contribution in [0.1, 0.15) is 52.3 Å². The Bertz CT molecular complexity index is 394. The van der Waals surface area contributed by atoms with Gasteiger partial charge in [-0.3, -0.25) is 0 Å². The molecule has 0 aliphatic rings. The van der Waals surface area contributed by atoms with Crippen LogP contribution < -0.4 is 10.1 Å². The van der Waals surface area contributed by atoms with Gasteiger partial charge in [0.05, 0.1) is 12.3 Å². The van der Waals surface area contributed by atoms with E-state index in [1.165, 1.54) is 5.56 Å². The highest BCUT2D eigenvalue weighted by Gasteiger charge is 2.17. The molecule has 1 N–H and O–H groups in total. The molecule has 0 spiro atoms. The van der Waals surface area contributed by atoms with Gasteiger partial charge in [-0.15, -0.1) is 0 Å². The monoisotopic (exact) mass is 264 g/mol. The van der Waals surface area contributed by atoms with E-state index in [2.05, 4.69) is 51.0 Å². The van der Waals surface area contributed by atoms with Gasteiger partial charge >= 0.3 is 0 Å². The molecule has 0 unspecified atom stereocenters. The molecule has 0 fully saturated rings. The van der Waals surface area contributed by atoms with Gasteiger partial charge in [-0.25, -0.2) is 4.98 Å². The molecule has 108 valence electrons. The molecule has 1 aromatic heterocycles. The second kappa shape index (κ2) is 6.90. The molecule has 0 aliphatic carbocycles. The largest absolute Gasteiger partial charge is 0.478 e. The molecule has 19 heavy (non-hydrogen) atoms. The van der Waals surface area contributed by atoms with E-state index in [9.17, 15) is 0 Å². The van der Waals surface area contributed by atoms with E-state index in [-0.39, 0.29) is 5.41 Å². The number of rotatable bonds is 6. The van der Waals surface area contributed by atoms with Crippen LogP contribution in [-0.4, -0.2) is 18.6 Å². The third-order valence-electron chi connectivity index (χ3n) is 2.96. The molecule has 0 aromatic carbocycles. The van der Waals surface area contributed by atoms with Crippen LogP contribution in [0.25, 0.3) is 0 Å². The predicted octanol–water partition coefficient (Wildman–Crippen LogP) is 3.52. The van der Waals surface area contributed by atoms with Crippen molar-refractivity contribution < 1.29 is 4.74 Å². The molecule has 1 heterocycles. The summed E-state index contributed by atoms with van der Waals surface area (Å²) >= 11 is 0. The van der Waals surface area contributed by atoms with Crippen LogP contribution >= 0.6 is 0 Å². The second-order valence-corrected chi connectivity index (χ2v) is 6.51. The van der Waals surface area contributed by atoms with Gasteiger partial charge in [0.25, 0.3) is 0 Å². The van der Waals surface area contributed by atoms with Gasteiger partial charge in [-0.05, 0) is 31.0 Å². The Labute approximate surface area is 117 Å². The minimum atomic E-state index is 0.0416. The maximum atomic E-state index is 5.80. The molecule has 0 radical (unpaired) electrons. The number of hydrogen-bond acceptors (Lipinski definition) is 3. The zero-order valence-electron chi connectivity index (χ0n) is 13.2. The van der Waals surface area contributed by atoms with Crippen molar-refractivity contribution in [2.75, 3.05) is 13.7 Å². The Balaban J connectivity index is 2.87. The smallest absolute Gasteiger partial charge is 0.213 e. The molecular weight excluding hydrogens is 236 g/mol. The summed E-state index contributed by atoms with van der Waals surface area (Å²) in [4.78, 5) is 4.63. The van der Waals surface area contributed by atoms with Crippen molar-refractivity contribution in [1.29, 1.82) is 0 Å². The average molecular weight is 264 g/mol. The number of nitrogens with one attached hydrogen (secondary N) is 1. The van der Waals surface area contributed by atoms with Crippen LogP contribution in [0, 0.1) is 5.92 Å². The maximum Gasteiger partial charge on any atom is 0.213 e. The van der Waals surface area contributed by atoms with E-state index in [1.54, 1.807) is 0 Å². The summed E-state index contributed by atoms with van der Waals surface area (Å²) in [5.74, 6) is 1.40. The number of pyridine rings is 1. The molecule has 1 aromatic rings. The topological polar surface area (TPSA) is 34.1 Å². The zero-order chi connectivity index (χ0) is 14.5. The van der Waals surface area contributed by atoms with E-state index < -0.39 is 0 Å². The lowest BCUT2D eigenvalue weighted by atomic mass is 9.91. The van der Waals surface area contributed by atoms with Gasteiger partial charge in [0, 0.05) is 18.0 Å². The summed E-state index contributed by atoms with van der Waals surface area (Å²) in [5, 5.41) is 3.18. The van der Waals surface area contributed by atoms with Crippen LogP contribution in [-0.2, 0) is 12.0 Å². The molecular formula is C16H28N2O. The molecule has 0 bridgehead atoms. The van der Waals surface area contributed by atoms with Crippen molar-refractivity contribution in [3.8, 4) is 5.88 Å². The van der Waals surface area contributed by atoms with Crippen LogP contribution in [0.5, 0.6) is 5.88 Å². The molecule has 0 saturated carbocycles. The summed E-state index contributed by atoms with van der Waals surface area (Å²) in [6.45, 7) is 12.5. The van der Waals surface area contributed by atoms with Crippen molar-refractivity contribution in [1.82, 2.24) is 10.3 Å². The first-order chi connectivity index (χ1) is 8.82. The Morgan fingerprint density at radius 1 is 1.26 bits per heavy atom. The molecule has 0 atom stereocenters. The molecule has 3 heteroatoms. The first-order valence-corrected chi connectivity index (χ1v) is 7.11. The van der Waals surface area contributed by atoms with Gasteiger partial charge in [-0.2, -0.15) is 0 Å². The lowest BCUT2D eigenvalue weighted by Crippen LogP contribution is -2.16. The fourth-order valence-corrected chi connectivity index (χ4v) is 1.72.